The van der Waals surface area contributed by atoms with Gasteiger partial charge < -0.3 is 5.32 Å². The van der Waals surface area contributed by atoms with Gasteiger partial charge in [-0.3, -0.25) is 4.72 Å². The largest absolute Gasteiger partial charge is 0.445 e. The fourth-order valence-corrected chi connectivity index (χ4v) is 5.76. The van der Waals surface area contributed by atoms with E-state index in [9.17, 15) is 34.8 Å². The van der Waals surface area contributed by atoms with Crippen molar-refractivity contribution in [2.75, 3.05) is 16.6 Å². The number of aromatic nitrogens is 3. The zero-order chi connectivity index (χ0) is 26.4. The van der Waals surface area contributed by atoms with E-state index in [2.05, 4.69) is 20.5 Å². The number of pyridine rings is 1. The lowest BCUT2D eigenvalue weighted by Crippen LogP contribution is -2.41. The van der Waals surface area contributed by atoms with Crippen molar-refractivity contribution >= 4 is 43.9 Å². The smallest absolute Gasteiger partial charge is 0.368 e. The van der Waals surface area contributed by atoms with Gasteiger partial charge in [-0.25, -0.2) is 13.4 Å². The highest BCUT2D eigenvalue weighted by atomic mass is 35.5. The number of rotatable bonds is 7. The van der Waals surface area contributed by atoms with Crippen molar-refractivity contribution in [3.63, 3.8) is 0 Å². The molecule has 0 amide bonds. The third-order valence-electron chi connectivity index (χ3n) is 5.74. The van der Waals surface area contributed by atoms with Crippen molar-refractivity contribution in [3.8, 4) is 0 Å². The molecule has 0 saturated heterocycles. The number of nitrogens with zero attached hydrogens (tertiary/aromatic N) is 3. The molecule has 7 nitrogen and oxygen atoms in total. The fraction of sp³-hybridized carbons (Fsp3) is 0.350. The molecule has 0 atom stereocenters. The Morgan fingerprint density at radius 2 is 1.69 bits per heavy atom. The molecule has 3 aromatic rings. The van der Waals surface area contributed by atoms with Crippen LogP contribution in [-0.4, -0.2) is 30.1 Å². The zero-order valence-corrected chi connectivity index (χ0v) is 20.3. The van der Waals surface area contributed by atoms with Gasteiger partial charge in [-0.2, -0.15) is 26.3 Å². The summed E-state index contributed by atoms with van der Waals surface area (Å²) in [4.78, 5) is 3.58. The number of benzene rings is 1. The van der Waals surface area contributed by atoms with Crippen LogP contribution < -0.4 is 10.0 Å². The van der Waals surface area contributed by atoms with Gasteiger partial charge >= 0.3 is 12.4 Å². The molecule has 1 fully saturated rings. The van der Waals surface area contributed by atoms with E-state index in [4.69, 9.17) is 11.6 Å². The van der Waals surface area contributed by atoms with Crippen LogP contribution in [0.2, 0.25) is 5.02 Å². The van der Waals surface area contributed by atoms with E-state index in [0.29, 0.717) is 12.7 Å². The summed E-state index contributed by atoms with van der Waals surface area (Å²) in [5.74, 6) is 0.0922. The highest BCUT2D eigenvalue weighted by Crippen LogP contribution is 2.44. The number of hydrogen-bond acceptors (Lipinski definition) is 7. The molecule has 194 valence electrons. The molecule has 36 heavy (non-hydrogen) atoms. The first-order valence-corrected chi connectivity index (χ1v) is 12.9. The maximum Gasteiger partial charge on any atom is 0.445 e. The Balaban J connectivity index is 1.47. The lowest BCUT2D eigenvalue weighted by Gasteiger charge is -2.43. The molecule has 0 aliphatic heterocycles. The van der Waals surface area contributed by atoms with Crippen LogP contribution >= 0.6 is 22.9 Å². The van der Waals surface area contributed by atoms with Gasteiger partial charge in [0.05, 0.1) is 15.5 Å². The first-order chi connectivity index (χ1) is 16.7. The molecule has 1 aliphatic rings. The highest BCUT2D eigenvalue weighted by molar-refractivity contribution is 7.93. The van der Waals surface area contributed by atoms with E-state index in [1.165, 1.54) is 12.1 Å². The van der Waals surface area contributed by atoms with Crippen LogP contribution in [0.3, 0.4) is 0 Å². The summed E-state index contributed by atoms with van der Waals surface area (Å²) < 4.78 is 104. The Labute approximate surface area is 210 Å². The molecule has 1 aromatic carbocycles. The molecule has 4 rings (SSSR count). The zero-order valence-electron chi connectivity index (χ0n) is 17.9. The number of sulfonamides is 1. The van der Waals surface area contributed by atoms with Crippen LogP contribution in [0, 0.1) is 0 Å². The van der Waals surface area contributed by atoms with Crippen molar-refractivity contribution in [1.29, 1.82) is 0 Å². The summed E-state index contributed by atoms with van der Waals surface area (Å²) in [6.07, 6.45) is -6.28. The minimum Gasteiger partial charge on any atom is -0.368 e. The van der Waals surface area contributed by atoms with Crippen molar-refractivity contribution in [2.24, 2.45) is 0 Å². The predicted molar refractivity (Wildman–Crippen MR) is 120 cm³/mol. The van der Waals surface area contributed by atoms with Crippen LogP contribution in [0.15, 0.2) is 41.4 Å². The Kier molecular flexibility index (Phi) is 6.85. The van der Waals surface area contributed by atoms with E-state index in [0.717, 1.165) is 30.9 Å². The Hall–Kier alpha value is -2.65. The second-order valence-electron chi connectivity index (χ2n) is 8.08. The molecule has 1 saturated carbocycles. The first-order valence-electron chi connectivity index (χ1n) is 10.2. The fourth-order valence-electron chi connectivity index (χ4n) is 3.69. The lowest BCUT2D eigenvalue weighted by molar-refractivity contribution is -0.138. The minimum absolute atomic E-state index is 0.0644. The molecular weight excluding hydrogens is 556 g/mol. The number of anilines is 2. The molecule has 2 heterocycles. The van der Waals surface area contributed by atoms with Gasteiger partial charge in [-0.1, -0.05) is 41.5 Å². The van der Waals surface area contributed by atoms with E-state index < -0.39 is 43.5 Å². The maximum absolute atomic E-state index is 12.8. The Morgan fingerprint density at radius 1 is 1.03 bits per heavy atom. The summed E-state index contributed by atoms with van der Waals surface area (Å²) in [6.45, 7) is 0.292. The van der Waals surface area contributed by atoms with E-state index >= 15 is 0 Å². The van der Waals surface area contributed by atoms with Crippen molar-refractivity contribution in [2.45, 2.75) is 41.9 Å². The topological polar surface area (TPSA) is 96.9 Å². The second-order valence-corrected chi connectivity index (χ2v) is 11.1. The third kappa shape index (κ3) is 5.52. The summed E-state index contributed by atoms with van der Waals surface area (Å²) >= 11 is 6.03. The Morgan fingerprint density at radius 3 is 2.19 bits per heavy atom. The average Bonchev–Trinajstić information content (AvgIpc) is 3.22. The van der Waals surface area contributed by atoms with Gasteiger partial charge in [0, 0.05) is 18.2 Å². The second kappa shape index (κ2) is 9.34. The van der Waals surface area contributed by atoms with Crippen LogP contribution in [0.4, 0.5) is 37.3 Å². The van der Waals surface area contributed by atoms with Crippen LogP contribution in [0.25, 0.3) is 0 Å². The molecule has 1 aliphatic carbocycles. The van der Waals surface area contributed by atoms with E-state index in [1.54, 1.807) is 12.1 Å². The maximum atomic E-state index is 12.8. The normalized spacial score (nSPS) is 15.9. The SMILES string of the molecule is O=S(=O)(Nc1nnc(C(F)(F)F)s1)c1ccc(C2(CNc3ncc(C(F)(F)F)cc3Cl)CCC2)cc1. The van der Waals surface area contributed by atoms with Crippen molar-refractivity contribution in [1.82, 2.24) is 15.2 Å². The number of hydrogen-bond donors (Lipinski definition) is 2. The molecule has 0 unspecified atom stereocenters. The highest BCUT2D eigenvalue weighted by Gasteiger charge is 2.39. The number of alkyl halides is 6. The molecule has 2 aromatic heterocycles. The summed E-state index contributed by atoms with van der Waals surface area (Å²) in [6, 6.07) is 6.57. The molecule has 0 radical (unpaired) electrons. The molecule has 0 spiro atoms. The van der Waals surface area contributed by atoms with Gasteiger partial charge in [0.25, 0.3) is 10.0 Å². The molecule has 0 bridgehead atoms. The van der Waals surface area contributed by atoms with Crippen molar-refractivity contribution < 1.29 is 34.8 Å². The van der Waals surface area contributed by atoms with Crippen LogP contribution in [-0.2, 0) is 27.8 Å². The van der Waals surface area contributed by atoms with Crippen LogP contribution in [0.5, 0.6) is 0 Å². The number of halogens is 7. The first kappa shape index (κ1) is 26.4. The van der Waals surface area contributed by atoms with Gasteiger partial charge in [-0.05, 0) is 36.6 Å². The van der Waals surface area contributed by atoms with Gasteiger partial charge in [0.15, 0.2) is 0 Å². The van der Waals surface area contributed by atoms with Gasteiger partial charge in [0.1, 0.15) is 5.82 Å². The van der Waals surface area contributed by atoms with Crippen molar-refractivity contribution in [3.05, 3.63) is 57.7 Å². The standard InChI is InChI=1S/C20H16ClF6N5O2S2/c21-14-8-12(19(22,23)24)9-28-15(14)29-10-18(6-1-7-18)11-2-4-13(5-3-11)36(33,34)32-17-31-30-16(35-17)20(25,26)27/h2-5,8-9H,1,6-7,10H2,(H,28,29)(H,31,32). The summed E-state index contributed by atoms with van der Waals surface area (Å²) in [5.41, 5.74) is -0.618. The summed E-state index contributed by atoms with van der Waals surface area (Å²) in [7, 11) is -4.22. The third-order valence-corrected chi connectivity index (χ3v) is 8.40. The van der Waals surface area contributed by atoms with E-state index in [1.807, 2.05) is 4.72 Å². The Bertz CT molecular complexity index is 1360. The predicted octanol–water partition coefficient (Wildman–Crippen LogP) is 5.96. The monoisotopic (exact) mass is 571 g/mol. The average molecular weight is 572 g/mol. The molecular formula is C20H16ClF6N5O2S2. The molecule has 16 heteroatoms. The molecule has 2 N–H and O–H groups in total. The van der Waals surface area contributed by atoms with Crippen LogP contribution in [0.1, 0.15) is 35.4 Å². The minimum atomic E-state index is -4.74. The van der Waals surface area contributed by atoms with Gasteiger partial charge in [0.2, 0.25) is 10.1 Å². The summed E-state index contributed by atoms with van der Waals surface area (Å²) in [5, 5.41) is 7.15. The van der Waals surface area contributed by atoms with Gasteiger partial charge in [-0.15, -0.1) is 10.2 Å². The lowest BCUT2D eigenvalue weighted by atomic mass is 9.64. The number of nitrogens with one attached hydrogen (secondary N) is 2. The quantitative estimate of drug-likeness (QED) is 0.340. The van der Waals surface area contributed by atoms with E-state index in [-0.39, 0.29) is 27.1 Å².